The van der Waals surface area contributed by atoms with Gasteiger partial charge in [0.25, 0.3) is 0 Å². The van der Waals surface area contributed by atoms with Gasteiger partial charge in [-0.3, -0.25) is 4.79 Å². The highest BCUT2D eigenvalue weighted by molar-refractivity contribution is 5.77. The van der Waals surface area contributed by atoms with Gasteiger partial charge >= 0.3 is 0 Å². The van der Waals surface area contributed by atoms with E-state index in [1.165, 1.54) is 0 Å². The molecule has 2 unspecified atom stereocenters. The second-order valence-electron chi connectivity index (χ2n) is 5.53. The van der Waals surface area contributed by atoms with Crippen molar-refractivity contribution in [3.63, 3.8) is 0 Å². The molecule has 2 aliphatic rings. The van der Waals surface area contributed by atoms with Gasteiger partial charge in [-0.2, -0.15) is 0 Å². The highest BCUT2D eigenvalue weighted by Gasteiger charge is 2.40. The molecule has 0 radical (unpaired) electrons. The standard InChI is InChI=1S/C13H24N2O3/c1-10(14)11-9-15(6-7-18-11)12(16)8-13(17-2)4-3-5-13/h10-11H,3-9,14H2,1-2H3. The van der Waals surface area contributed by atoms with Crippen LogP contribution in [0.15, 0.2) is 0 Å². The lowest BCUT2D eigenvalue weighted by atomic mass is 9.77. The molecule has 5 heteroatoms. The SMILES string of the molecule is COC1(CC(=O)N2CCOC(C(C)N)C2)CCC1. The molecule has 2 atom stereocenters. The van der Waals surface area contributed by atoms with Crippen molar-refractivity contribution in [2.45, 2.75) is 50.4 Å². The average Bonchev–Trinajstić information content (AvgIpc) is 2.33. The first-order valence-electron chi connectivity index (χ1n) is 6.76. The number of nitrogens with zero attached hydrogens (tertiary/aromatic N) is 1. The first-order valence-corrected chi connectivity index (χ1v) is 6.76. The highest BCUT2D eigenvalue weighted by atomic mass is 16.5. The molecule has 0 aromatic rings. The number of amides is 1. The molecule has 2 rings (SSSR count). The van der Waals surface area contributed by atoms with Crippen molar-refractivity contribution in [2.75, 3.05) is 26.8 Å². The molecule has 0 aromatic heterocycles. The molecular weight excluding hydrogens is 232 g/mol. The number of morpholine rings is 1. The lowest BCUT2D eigenvalue weighted by molar-refractivity contribution is -0.151. The van der Waals surface area contributed by atoms with Crippen LogP contribution in [0.1, 0.15) is 32.6 Å². The summed E-state index contributed by atoms with van der Waals surface area (Å²) in [5.74, 6) is 0.172. The Bertz CT molecular complexity index is 297. The quantitative estimate of drug-likeness (QED) is 0.796. The van der Waals surface area contributed by atoms with Crippen LogP contribution >= 0.6 is 0 Å². The van der Waals surface area contributed by atoms with Crippen LogP contribution in [0.5, 0.6) is 0 Å². The normalized spacial score (nSPS) is 28.6. The maximum atomic E-state index is 12.3. The summed E-state index contributed by atoms with van der Waals surface area (Å²) < 4.78 is 11.1. The van der Waals surface area contributed by atoms with Crippen LogP contribution in [-0.4, -0.2) is 55.4 Å². The highest BCUT2D eigenvalue weighted by Crippen LogP contribution is 2.38. The van der Waals surface area contributed by atoms with Crippen LogP contribution in [0.2, 0.25) is 0 Å². The van der Waals surface area contributed by atoms with E-state index in [2.05, 4.69) is 0 Å². The molecule has 1 saturated carbocycles. The summed E-state index contributed by atoms with van der Waals surface area (Å²) in [5, 5.41) is 0. The number of ether oxygens (including phenoxy) is 2. The van der Waals surface area contributed by atoms with Gasteiger partial charge in [0, 0.05) is 26.2 Å². The number of methoxy groups -OCH3 is 1. The van der Waals surface area contributed by atoms with Gasteiger partial charge < -0.3 is 20.1 Å². The van der Waals surface area contributed by atoms with E-state index in [0.29, 0.717) is 26.1 Å². The van der Waals surface area contributed by atoms with Crippen molar-refractivity contribution in [3.05, 3.63) is 0 Å². The fourth-order valence-corrected chi connectivity index (χ4v) is 2.63. The maximum Gasteiger partial charge on any atom is 0.225 e. The molecule has 1 aliphatic carbocycles. The number of rotatable bonds is 4. The molecule has 1 saturated heterocycles. The van der Waals surface area contributed by atoms with Gasteiger partial charge in [-0.05, 0) is 26.2 Å². The van der Waals surface area contributed by atoms with Gasteiger partial charge in [-0.15, -0.1) is 0 Å². The molecule has 18 heavy (non-hydrogen) atoms. The predicted octanol–water partition coefficient (Wildman–Crippen LogP) is 0.520. The monoisotopic (exact) mass is 256 g/mol. The van der Waals surface area contributed by atoms with Crippen molar-refractivity contribution in [1.82, 2.24) is 4.90 Å². The Hall–Kier alpha value is -0.650. The van der Waals surface area contributed by atoms with Crippen molar-refractivity contribution in [1.29, 1.82) is 0 Å². The Labute approximate surface area is 109 Å². The fraction of sp³-hybridized carbons (Fsp3) is 0.923. The van der Waals surface area contributed by atoms with Crippen LogP contribution in [0.3, 0.4) is 0 Å². The van der Waals surface area contributed by atoms with Crippen molar-refractivity contribution in [2.24, 2.45) is 5.73 Å². The summed E-state index contributed by atoms with van der Waals surface area (Å²) in [6.45, 7) is 3.78. The number of hydrogen-bond acceptors (Lipinski definition) is 4. The minimum absolute atomic E-state index is 0.0393. The third kappa shape index (κ3) is 2.84. The molecule has 0 bridgehead atoms. The van der Waals surface area contributed by atoms with E-state index in [0.717, 1.165) is 19.3 Å². The second kappa shape index (κ2) is 5.55. The third-order valence-electron chi connectivity index (χ3n) is 4.20. The summed E-state index contributed by atoms with van der Waals surface area (Å²) in [5.41, 5.74) is 5.64. The van der Waals surface area contributed by atoms with Crippen LogP contribution < -0.4 is 5.73 Å². The minimum atomic E-state index is -0.195. The first kappa shape index (κ1) is 13.8. The van der Waals surface area contributed by atoms with E-state index in [4.69, 9.17) is 15.2 Å². The van der Waals surface area contributed by atoms with Gasteiger partial charge in [0.2, 0.25) is 5.91 Å². The summed E-state index contributed by atoms with van der Waals surface area (Å²) >= 11 is 0. The molecule has 2 N–H and O–H groups in total. The zero-order valence-corrected chi connectivity index (χ0v) is 11.4. The van der Waals surface area contributed by atoms with E-state index >= 15 is 0 Å². The van der Waals surface area contributed by atoms with Gasteiger partial charge in [0.1, 0.15) is 0 Å². The number of nitrogens with two attached hydrogens (primary N) is 1. The Balaban J connectivity index is 1.88. The summed E-state index contributed by atoms with van der Waals surface area (Å²) in [6.07, 6.45) is 3.61. The zero-order valence-electron chi connectivity index (χ0n) is 11.4. The number of carbonyl (C=O) groups is 1. The summed E-state index contributed by atoms with van der Waals surface area (Å²) in [7, 11) is 1.70. The average molecular weight is 256 g/mol. The molecule has 104 valence electrons. The van der Waals surface area contributed by atoms with Gasteiger partial charge in [-0.1, -0.05) is 0 Å². The fourth-order valence-electron chi connectivity index (χ4n) is 2.63. The van der Waals surface area contributed by atoms with Gasteiger partial charge in [0.15, 0.2) is 0 Å². The molecule has 2 fully saturated rings. The lowest BCUT2D eigenvalue weighted by Gasteiger charge is -2.42. The van der Waals surface area contributed by atoms with E-state index in [1.807, 2.05) is 11.8 Å². The summed E-state index contributed by atoms with van der Waals surface area (Å²) in [6, 6.07) is -0.0410. The molecule has 1 amide bonds. The molecule has 1 aliphatic heterocycles. The van der Waals surface area contributed by atoms with E-state index in [1.54, 1.807) is 7.11 Å². The molecular formula is C13H24N2O3. The van der Waals surface area contributed by atoms with Crippen LogP contribution in [0.25, 0.3) is 0 Å². The van der Waals surface area contributed by atoms with Gasteiger partial charge in [0.05, 0.1) is 24.7 Å². The molecule has 5 nitrogen and oxygen atoms in total. The van der Waals surface area contributed by atoms with Crippen LogP contribution in [-0.2, 0) is 14.3 Å². The molecule has 0 spiro atoms. The number of carbonyl (C=O) groups excluding carboxylic acids is 1. The largest absolute Gasteiger partial charge is 0.378 e. The second-order valence-corrected chi connectivity index (χ2v) is 5.53. The van der Waals surface area contributed by atoms with Crippen molar-refractivity contribution in [3.8, 4) is 0 Å². The van der Waals surface area contributed by atoms with Gasteiger partial charge in [-0.25, -0.2) is 0 Å². The Morgan fingerprint density at radius 2 is 2.33 bits per heavy atom. The Morgan fingerprint density at radius 3 is 2.83 bits per heavy atom. The van der Waals surface area contributed by atoms with E-state index < -0.39 is 0 Å². The van der Waals surface area contributed by atoms with Crippen molar-refractivity contribution < 1.29 is 14.3 Å². The van der Waals surface area contributed by atoms with Crippen molar-refractivity contribution >= 4 is 5.91 Å². The number of hydrogen-bond donors (Lipinski definition) is 1. The van der Waals surface area contributed by atoms with E-state index in [9.17, 15) is 4.79 Å². The zero-order chi connectivity index (χ0) is 13.2. The topological polar surface area (TPSA) is 64.8 Å². The summed E-state index contributed by atoms with van der Waals surface area (Å²) in [4.78, 5) is 14.2. The molecule has 1 heterocycles. The maximum absolute atomic E-state index is 12.3. The Morgan fingerprint density at radius 1 is 1.61 bits per heavy atom. The predicted molar refractivity (Wildman–Crippen MR) is 68.2 cm³/mol. The minimum Gasteiger partial charge on any atom is -0.378 e. The smallest absolute Gasteiger partial charge is 0.225 e. The van der Waals surface area contributed by atoms with Crippen LogP contribution in [0, 0.1) is 0 Å². The molecule has 0 aromatic carbocycles. The first-order chi connectivity index (χ1) is 8.56. The third-order valence-corrected chi connectivity index (χ3v) is 4.20. The lowest BCUT2D eigenvalue weighted by Crippen LogP contribution is -2.53. The Kier molecular flexibility index (Phi) is 4.25. The van der Waals surface area contributed by atoms with E-state index in [-0.39, 0.29) is 23.7 Å². The van der Waals surface area contributed by atoms with Crippen LogP contribution in [0.4, 0.5) is 0 Å².